The van der Waals surface area contributed by atoms with Crippen molar-refractivity contribution in [1.29, 1.82) is 0 Å². The fourth-order valence-electron chi connectivity index (χ4n) is 1.42. The summed E-state index contributed by atoms with van der Waals surface area (Å²) in [6.45, 7) is 4.11. The molecule has 1 aromatic rings. The maximum Gasteiger partial charge on any atom is 0.119 e. The van der Waals surface area contributed by atoms with Crippen molar-refractivity contribution >= 4 is 0 Å². The van der Waals surface area contributed by atoms with Gasteiger partial charge in [0.2, 0.25) is 0 Å². The number of phenolic OH excluding ortho intramolecular Hbond substituents is 1. The van der Waals surface area contributed by atoms with Crippen LogP contribution in [0.4, 0.5) is 0 Å². The lowest BCUT2D eigenvalue weighted by atomic mass is 9.96. The summed E-state index contributed by atoms with van der Waals surface area (Å²) in [5, 5.41) is 18.4. The molecule has 0 aliphatic rings. The topological polar surface area (TPSA) is 40.5 Å². The fourth-order valence-corrected chi connectivity index (χ4v) is 1.42. The van der Waals surface area contributed by atoms with Gasteiger partial charge in [-0.3, -0.25) is 0 Å². The molecule has 2 N–H and O–H groups in total. The van der Waals surface area contributed by atoms with Gasteiger partial charge in [-0.15, -0.1) is 0 Å². The first-order valence-electron chi connectivity index (χ1n) is 4.55. The second-order valence-corrected chi connectivity index (χ2v) is 3.48. The lowest BCUT2D eigenvalue weighted by Crippen LogP contribution is -1.97. The first-order valence-corrected chi connectivity index (χ1v) is 4.55. The molecular formula is C11H16O2. The van der Waals surface area contributed by atoms with Crippen LogP contribution < -0.4 is 0 Å². The van der Waals surface area contributed by atoms with Crippen LogP contribution >= 0.6 is 0 Å². The Morgan fingerprint density at radius 1 is 1.38 bits per heavy atom. The van der Waals surface area contributed by atoms with E-state index in [1.165, 1.54) is 0 Å². The van der Waals surface area contributed by atoms with Gasteiger partial charge >= 0.3 is 0 Å². The summed E-state index contributed by atoms with van der Waals surface area (Å²) in [5.41, 5.74) is 1.97. The average Bonchev–Trinajstić information content (AvgIpc) is 2.04. The van der Waals surface area contributed by atoms with Crippen LogP contribution in [0.3, 0.4) is 0 Å². The maximum atomic E-state index is 9.61. The lowest BCUT2D eigenvalue weighted by Gasteiger charge is -2.12. The van der Waals surface area contributed by atoms with Gasteiger partial charge in [-0.05, 0) is 36.5 Å². The largest absolute Gasteiger partial charge is 0.508 e. The standard InChI is InChI=1S/C11H16O2/c1-8-3-4-10(11(13)7-8)9(2)5-6-12/h3-4,7,9,12-13H,5-6H2,1-2H3/t9-/m0/s1. The Kier molecular flexibility index (Phi) is 3.32. The molecule has 1 atom stereocenters. The van der Waals surface area contributed by atoms with Crippen molar-refractivity contribution in [3.8, 4) is 5.75 Å². The highest BCUT2D eigenvalue weighted by Crippen LogP contribution is 2.28. The van der Waals surface area contributed by atoms with E-state index in [4.69, 9.17) is 5.11 Å². The van der Waals surface area contributed by atoms with Gasteiger partial charge in [0.15, 0.2) is 0 Å². The van der Waals surface area contributed by atoms with Crippen molar-refractivity contribution in [3.05, 3.63) is 29.3 Å². The minimum Gasteiger partial charge on any atom is -0.508 e. The molecule has 1 aromatic carbocycles. The Balaban J connectivity index is 2.88. The monoisotopic (exact) mass is 180 g/mol. The first kappa shape index (κ1) is 10.1. The molecule has 0 aromatic heterocycles. The summed E-state index contributed by atoms with van der Waals surface area (Å²) in [6.07, 6.45) is 0.691. The fraction of sp³-hybridized carbons (Fsp3) is 0.455. The highest BCUT2D eigenvalue weighted by molar-refractivity contribution is 5.37. The Morgan fingerprint density at radius 3 is 2.62 bits per heavy atom. The van der Waals surface area contributed by atoms with Crippen molar-refractivity contribution in [1.82, 2.24) is 0 Å². The number of benzene rings is 1. The van der Waals surface area contributed by atoms with E-state index in [1.807, 2.05) is 26.0 Å². The number of rotatable bonds is 3. The third kappa shape index (κ3) is 2.46. The van der Waals surface area contributed by atoms with E-state index in [0.29, 0.717) is 12.2 Å². The van der Waals surface area contributed by atoms with Crippen LogP contribution in [0.5, 0.6) is 5.75 Å². The quantitative estimate of drug-likeness (QED) is 0.748. The average molecular weight is 180 g/mol. The van der Waals surface area contributed by atoms with Crippen LogP contribution in [0.2, 0.25) is 0 Å². The van der Waals surface area contributed by atoms with Crippen LogP contribution in [-0.4, -0.2) is 16.8 Å². The molecule has 13 heavy (non-hydrogen) atoms. The number of aromatic hydroxyl groups is 1. The molecule has 0 aliphatic carbocycles. The van der Waals surface area contributed by atoms with Gasteiger partial charge in [-0.25, -0.2) is 0 Å². The molecule has 0 amide bonds. The van der Waals surface area contributed by atoms with E-state index in [9.17, 15) is 5.11 Å². The Bertz CT molecular complexity index is 281. The second-order valence-electron chi connectivity index (χ2n) is 3.48. The number of aliphatic hydroxyl groups excluding tert-OH is 1. The smallest absolute Gasteiger partial charge is 0.119 e. The van der Waals surface area contributed by atoms with Crippen LogP contribution in [0.1, 0.15) is 30.4 Å². The van der Waals surface area contributed by atoms with Crippen LogP contribution in [-0.2, 0) is 0 Å². The number of aryl methyl sites for hydroxylation is 1. The molecule has 0 unspecified atom stereocenters. The van der Waals surface area contributed by atoms with Crippen molar-refractivity contribution in [2.24, 2.45) is 0 Å². The highest BCUT2D eigenvalue weighted by atomic mass is 16.3. The van der Waals surface area contributed by atoms with E-state index in [-0.39, 0.29) is 12.5 Å². The van der Waals surface area contributed by atoms with E-state index in [2.05, 4.69) is 0 Å². The molecule has 1 rings (SSSR count). The molecular weight excluding hydrogens is 164 g/mol. The SMILES string of the molecule is Cc1ccc([C@@H](C)CCO)c(O)c1. The molecule has 0 spiro atoms. The Hall–Kier alpha value is -1.02. The molecule has 0 heterocycles. The summed E-state index contributed by atoms with van der Waals surface area (Å²) in [6, 6.07) is 5.65. The van der Waals surface area contributed by atoms with Crippen LogP contribution in [0.25, 0.3) is 0 Å². The molecule has 0 fully saturated rings. The number of phenols is 1. The summed E-state index contributed by atoms with van der Waals surface area (Å²) in [5.74, 6) is 0.548. The van der Waals surface area contributed by atoms with Gasteiger partial charge in [0.1, 0.15) is 5.75 Å². The summed E-state index contributed by atoms with van der Waals surface area (Å²) in [7, 11) is 0. The zero-order chi connectivity index (χ0) is 9.84. The van der Waals surface area contributed by atoms with Crippen LogP contribution in [0, 0.1) is 6.92 Å². The third-order valence-electron chi connectivity index (χ3n) is 2.28. The molecule has 2 nitrogen and oxygen atoms in total. The van der Waals surface area contributed by atoms with Crippen molar-refractivity contribution in [3.63, 3.8) is 0 Å². The molecule has 0 bridgehead atoms. The summed E-state index contributed by atoms with van der Waals surface area (Å²) in [4.78, 5) is 0. The van der Waals surface area contributed by atoms with Crippen molar-refractivity contribution < 1.29 is 10.2 Å². The van der Waals surface area contributed by atoms with E-state index in [1.54, 1.807) is 6.07 Å². The van der Waals surface area contributed by atoms with Gasteiger partial charge < -0.3 is 10.2 Å². The third-order valence-corrected chi connectivity index (χ3v) is 2.28. The molecule has 72 valence electrons. The highest BCUT2D eigenvalue weighted by Gasteiger charge is 2.09. The Morgan fingerprint density at radius 2 is 2.08 bits per heavy atom. The van der Waals surface area contributed by atoms with Gasteiger partial charge in [-0.1, -0.05) is 19.1 Å². The second kappa shape index (κ2) is 4.28. The van der Waals surface area contributed by atoms with Crippen molar-refractivity contribution in [2.75, 3.05) is 6.61 Å². The first-order chi connectivity index (χ1) is 6.15. The Labute approximate surface area is 78.8 Å². The minimum absolute atomic E-state index is 0.161. The zero-order valence-corrected chi connectivity index (χ0v) is 8.12. The molecule has 0 saturated carbocycles. The predicted molar refractivity (Wildman–Crippen MR) is 53.0 cm³/mol. The van der Waals surface area contributed by atoms with Crippen LogP contribution in [0.15, 0.2) is 18.2 Å². The molecule has 0 aliphatic heterocycles. The predicted octanol–water partition coefficient (Wildman–Crippen LogP) is 2.19. The molecule has 2 heteroatoms. The number of hydrogen-bond acceptors (Lipinski definition) is 2. The maximum absolute atomic E-state index is 9.61. The number of hydrogen-bond donors (Lipinski definition) is 2. The molecule has 0 radical (unpaired) electrons. The summed E-state index contributed by atoms with van der Waals surface area (Å²) >= 11 is 0. The summed E-state index contributed by atoms with van der Waals surface area (Å²) < 4.78 is 0. The van der Waals surface area contributed by atoms with Crippen molar-refractivity contribution in [2.45, 2.75) is 26.2 Å². The van der Waals surface area contributed by atoms with Gasteiger partial charge in [0, 0.05) is 6.61 Å². The van der Waals surface area contributed by atoms with Gasteiger partial charge in [-0.2, -0.15) is 0 Å². The number of aliphatic hydroxyl groups is 1. The van der Waals surface area contributed by atoms with E-state index in [0.717, 1.165) is 11.1 Å². The van der Waals surface area contributed by atoms with Gasteiger partial charge in [0.05, 0.1) is 0 Å². The molecule has 0 saturated heterocycles. The van der Waals surface area contributed by atoms with E-state index < -0.39 is 0 Å². The lowest BCUT2D eigenvalue weighted by molar-refractivity contribution is 0.277. The minimum atomic E-state index is 0.161. The van der Waals surface area contributed by atoms with Gasteiger partial charge in [0.25, 0.3) is 0 Å². The normalized spacial score (nSPS) is 12.8. The van der Waals surface area contributed by atoms with E-state index >= 15 is 0 Å². The zero-order valence-electron chi connectivity index (χ0n) is 8.12.